The Balaban J connectivity index is 2.14. The fraction of sp³-hybridized carbons (Fsp3) is 0.620. The van der Waals surface area contributed by atoms with Crippen molar-refractivity contribution in [2.24, 2.45) is 44.6 Å². The van der Waals surface area contributed by atoms with E-state index in [0.29, 0.717) is 30.8 Å². The van der Waals surface area contributed by atoms with E-state index in [1.54, 1.807) is 38.1 Å². The van der Waals surface area contributed by atoms with Gasteiger partial charge in [0, 0.05) is 44.5 Å². The Kier molecular flexibility index (Phi) is 29.4. The van der Waals surface area contributed by atoms with Gasteiger partial charge in [-0.2, -0.15) is 0 Å². The molecule has 19 N–H and O–H groups in total. The van der Waals surface area contributed by atoms with Crippen molar-refractivity contribution in [3.05, 3.63) is 29.8 Å². The van der Waals surface area contributed by atoms with Gasteiger partial charge in [0.25, 0.3) is 0 Å². The van der Waals surface area contributed by atoms with Gasteiger partial charge in [-0.15, -0.1) is 0 Å². The summed E-state index contributed by atoms with van der Waals surface area (Å²) in [5, 5.41) is 30.3. The number of guanidine groups is 2. The van der Waals surface area contributed by atoms with E-state index >= 15 is 0 Å². The zero-order valence-electron chi connectivity index (χ0n) is 46.1. The minimum atomic E-state index is -1.85. The second-order valence-corrected chi connectivity index (χ2v) is 22.0. The van der Waals surface area contributed by atoms with Gasteiger partial charge in [0.1, 0.15) is 54.1 Å². The van der Waals surface area contributed by atoms with Gasteiger partial charge in [0.05, 0.1) is 19.6 Å². The first-order valence-electron chi connectivity index (χ1n) is 26.7. The third-order valence-electron chi connectivity index (χ3n) is 12.9. The van der Waals surface area contributed by atoms with Gasteiger partial charge in [0.15, 0.2) is 11.9 Å². The molecule has 9 atom stereocenters. The average Bonchev–Trinajstić information content (AvgIpc) is 3.95. The molecular weight excluding hydrogens is 1100 g/mol. The minimum absolute atomic E-state index is 0.000381. The van der Waals surface area contributed by atoms with Gasteiger partial charge in [-0.3, -0.25) is 62.7 Å². The molecular formula is C50H80N16O13S2. The molecule has 29 nitrogen and oxygen atoms in total. The van der Waals surface area contributed by atoms with E-state index < -0.39 is 132 Å². The molecule has 2 heterocycles. The molecule has 1 aromatic rings. The Labute approximate surface area is 477 Å². The van der Waals surface area contributed by atoms with Gasteiger partial charge in [-0.25, -0.2) is 0 Å². The van der Waals surface area contributed by atoms with Crippen LogP contribution < -0.4 is 75.9 Å². The van der Waals surface area contributed by atoms with Crippen molar-refractivity contribution < 1.29 is 62.6 Å². The Morgan fingerprint density at radius 2 is 1.32 bits per heavy atom. The number of nitrogens with one attached hydrogen (secondary N) is 8. The highest BCUT2D eigenvalue weighted by Gasteiger charge is 2.41. The smallest absolute Gasteiger partial charge is 0.305 e. The largest absolute Gasteiger partial charge is 0.494 e. The average molecular weight is 1180 g/mol. The van der Waals surface area contributed by atoms with Crippen molar-refractivity contribution in [2.45, 2.75) is 147 Å². The number of fused-ring (bicyclic) bond motifs is 1. The Hall–Kier alpha value is -7.57. The van der Waals surface area contributed by atoms with Crippen LogP contribution in [0.5, 0.6) is 5.75 Å². The number of hydrogen-bond donors (Lipinski definition) is 14. The lowest BCUT2D eigenvalue weighted by Crippen LogP contribution is -2.60. The van der Waals surface area contributed by atoms with Crippen LogP contribution in [0.15, 0.2) is 34.3 Å². The number of carbonyl (C=O) groups is 11. The van der Waals surface area contributed by atoms with Crippen molar-refractivity contribution in [3.8, 4) is 5.75 Å². The lowest BCUT2D eigenvalue weighted by atomic mass is 9.97. The van der Waals surface area contributed by atoms with Gasteiger partial charge < -0.3 is 85.9 Å². The zero-order valence-corrected chi connectivity index (χ0v) is 47.8. The molecule has 0 unspecified atom stereocenters. The lowest BCUT2D eigenvalue weighted by Gasteiger charge is -2.32. The van der Waals surface area contributed by atoms with E-state index in [4.69, 9.17) is 33.4 Å². The number of amides is 10. The van der Waals surface area contributed by atoms with Crippen molar-refractivity contribution in [1.29, 1.82) is 0 Å². The molecule has 0 aromatic heterocycles. The number of ether oxygens (including phenoxy) is 1. The number of aliphatic imine (C=N–C) groups is 2. The number of carboxylic acid groups (broad SMARTS) is 1. The summed E-state index contributed by atoms with van der Waals surface area (Å²) in [6.45, 7) is 6.45. The molecule has 0 saturated carbocycles. The summed E-state index contributed by atoms with van der Waals surface area (Å²) >= 11 is 0. The van der Waals surface area contributed by atoms with Crippen LogP contribution in [-0.4, -0.2) is 180 Å². The quantitative estimate of drug-likeness (QED) is 0.0260. The predicted molar refractivity (Wildman–Crippen MR) is 303 cm³/mol. The third-order valence-corrected chi connectivity index (χ3v) is 15.3. The summed E-state index contributed by atoms with van der Waals surface area (Å²) in [7, 11) is 2.04. The molecule has 81 heavy (non-hydrogen) atoms. The van der Waals surface area contributed by atoms with Crippen LogP contribution in [0, 0.1) is 5.92 Å². The predicted octanol–water partition coefficient (Wildman–Crippen LogP) is -3.56. The molecule has 0 spiro atoms. The third kappa shape index (κ3) is 24.4. The normalized spacial score (nSPS) is 23.8. The number of benzene rings is 1. The number of rotatable bonds is 20. The molecule has 10 amide bonds. The van der Waals surface area contributed by atoms with Crippen LogP contribution >= 0.6 is 21.6 Å². The molecule has 31 heteroatoms. The Morgan fingerprint density at radius 3 is 1.90 bits per heavy atom. The zero-order chi connectivity index (χ0) is 60.2. The topological polar surface area (TPSA) is 472 Å². The van der Waals surface area contributed by atoms with Gasteiger partial charge in [0.2, 0.25) is 59.1 Å². The van der Waals surface area contributed by atoms with Crippen molar-refractivity contribution in [2.75, 3.05) is 44.3 Å². The molecule has 2 aliphatic heterocycles. The first kappa shape index (κ1) is 67.7. The Morgan fingerprint density at radius 1 is 0.741 bits per heavy atom. The molecule has 3 rings (SSSR count). The standard InChI is InChI=1S/C50H80N16O13S2/c1-5-7-21-79-30-16-14-29(15-17-30)22-33-44(74)61-32(12-9-19-57-50(54)55)43(73)64-35(41(51)71)25-80-81-26-36(59-28(4)67)46(76)65-40(27(3)6-2)48(78)66-20-10-13-37(66)47(77)62-31(11-8-18-56-49(52)53)42(72)58-24-38(68)60-34(23-39(69)70)45(75)63-33/h14-17,27,31-37,40H,5-13,18-26H2,1-4H3,(H2,51,71)(H,58,72)(H,59,67)(H,60,68)(H,61,74)(H,62,77)(H,63,75)(H,64,73)(H,65,76)(H,69,70)(H4,52,53,56)(H4,54,55,57)/t27-,31-,32-,33-,34-,35-,36-,37-,40-/m0/s1. The highest BCUT2D eigenvalue weighted by atomic mass is 33.1. The maximum Gasteiger partial charge on any atom is 0.305 e. The molecule has 2 aliphatic rings. The number of carbonyl (C=O) groups excluding carboxylic acids is 10. The highest BCUT2D eigenvalue weighted by molar-refractivity contribution is 8.76. The van der Waals surface area contributed by atoms with Crippen LogP contribution in [-0.2, 0) is 59.2 Å². The van der Waals surface area contributed by atoms with E-state index in [1.807, 2.05) is 6.92 Å². The van der Waals surface area contributed by atoms with Crippen LogP contribution in [0.1, 0.15) is 97.5 Å². The summed E-state index contributed by atoms with van der Waals surface area (Å²) in [4.78, 5) is 159. The van der Waals surface area contributed by atoms with Gasteiger partial charge >= 0.3 is 5.97 Å². The van der Waals surface area contributed by atoms with Crippen molar-refractivity contribution in [1.82, 2.24) is 47.4 Å². The van der Waals surface area contributed by atoms with E-state index in [-0.39, 0.29) is 81.6 Å². The van der Waals surface area contributed by atoms with Gasteiger partial charge in [-0.1, -0.05) is 67.3 Å². The molecule has 450 valence electrons. The summed E-state index contributed by atoms with van der Waals surface area (Å²) < 4.78 is 5.77. The van der Waals surface area contributed by atoms with Crippen molar-refractivity contribution >= 4 is 98.5 Å². The van der Waals surface area contributed by atoms with E-state index in [9.17, 15) is 57.8 Å². The summed E-state index contributed by atoms with van der Waals surface area (Å²) in [5.74, 6) is -10.9. The number of aliphatic carboxylic acids is 1. The molecule has 2 saturated heterocycles. The number of nitrogens with zero attached hydrogens (tertiary/aromatic N) is 3. The van der Waals surface area contributed by atoms with Crippen LogP contribution in [0.2, 0.25) is 0 Å². The highest BCUT2D eigenvalue weighted by Crippen LogP contribution is 2.25. The maximum absolute atomic E-state index is 14.5. The Bertz CT molecular complexity index is 2410. The SMILES string of the molecule is CCCCOc1ccc(C[C@@H]2NC(=O)[C@H](CC(=O)O)NC(=O)CNC(=O)[C@H](CCCN=C(N)N)NC(=O)[C@@H]3CCCN3C(=O)[C@H]([C@@H](C)CC)NC(=O)[C@@H](NC(C)=O)CSSC[C@@H](C(N)=O)NC(=O)[C@H](CCCN=C(N)N)NC2=O)cc1. The van der Waals surface area contributed by atoms with Gasteiger partial charge in [-0.05, 0) is 68.6 Å². The number of hydrogen-bond acceptors (Lipinski definition) is 16. The van der Waals surface area contributed by atoms with Crippen LogP contribution in [0.25, 0.3) is 0 Å². The number of carboxylic acids is 1. The second kappa shape index (κ2) is 35.2. The molecule has 1 aromatic carbocycles. The van der Waals surface area contributed by atoms with Crippen LogP contribution in [0.4, 0.5) is 0 Å². The molecule has 2 fully saturated rings. The maximum atomic E-state index is 14.5. The second-order valence-electron chi connectivity index (χ2n) is 19.4. The van der Waals surface area contributed by atoms with E-state index in [0.717, 1.165) is 34.4 Å². The number of unbranched alkanes of at least 4 members (excludes halogenated alkanes) is 1. The number of nitrogens with two attached hydrogens (primary N) is 5. The fourth-order valence-electron chi connectivity index (χ4n) is 8.32. The monoisotopic (exact) mass is 1180 g/mol. The molecule has 0 aliphatic carbocycles. The lowest BCUT2D eigenvalue weighted by molar-refractivity contribution is -0.143. The number of primary amides is 1. The first-order valence-corrected chi connectivity index (χ1v) is 29.2. The van der Waals surface area contributed by atoms with E-state index in [2.05, 4.69) is 52.5 Å². The summed E-state index contributed by atoms with van der Waals surface area (Å²) in [6.07, 6.45) is 1.40. The van der Waals surface area contributed by atoms with Crippen LogP contribution in [0.3, 0.4) is 0 Å². The fourth-order valence-corrected chi connectivity index (χ4v) is 10.7. The summed E-state index contributed by atoms with van der Waals surface area (Å²) in [5.41, 5.74) is 28.3. The molecule has 0 bridgehead atoms. The van der Waals surface area contributed by atoms with Crippen molar-refractivity contribution in [3.63, 3.8) is 0 Å². The molecule has 0 radical (unpaired) electrons. The van der Waals surface area contributed by atoms with E-state index in [1.165, 1.54) is 11.8 Å². The first-order chi connectivity index (χ1) is 38.4. The minimum Gasteiger partial charge on any atom is -0.494 e. The summed E-state index contributed by atoms with van der Waals surface area (Å²) in [6, 6.07) is -4.60.